The third-order valence-corrected chi connectivity index (χ3v) is 3.57. The van der Waals surface area contributed by atoms with Gasteiger partial charge in [0.25, 0.3) is 5.91 Å². The van der Waals surface area contributed by atoms with Gasteiger partial charge in [-0.1, -0.05) is 19.1 Å². The van der Waals surface area contributed by atoms with Gasteiger partial charge >= 0.3 is 5.97 Å². The molecule has 0 fully saturated rings. The Morgan fingerprint density at radius 2 is 1.91 bits per heavy atom. The van der Waals surface area contributed by atoms with E-state index in [0.717, 1.165) is 23.3 Å². The number of carbonyl (C=O) groups is 2. The molecule has 5 nitrogen and oxygen atoms in total. The largest absolute Gasteiger partial charge is 0.483 e. The number of carbonyl (C=O) groups excluding carboxylic acids is 2. The molecular weight excluding hydrogens is 282 g/mol. The Morgan fingerprint density at radius 3 is 2.55 bits per heavy atom. The van der Waals surface area contributed by atoms with Crippen molar-refractivity contribution in [1.29, 1.82) is 0 Å². The van der Waals surface area contributed by atoms with Crippen LogP contribution in [-0.2, 0) is 14.3 Å². The minimum atomic E-state index is -0.315. The molecule has 0 bridgehead atoms. The van der Waals surface area contributed by atoms with Crippen molar-refractivity contribution >= 4 is 11.9 Å². The van der Waals surface area contributed by atoms with E-state index in [1.807, 2.05) is 39.0 Å². The maximum atomic E-state index is 12.3. The number of nitrogens with zero attached hydrogens (tertiary/aromatic N) is 1. The predicted molar refractivity (Wildman–Crippen MR) is 84.9 cm³/mol. The molecule has 0 aliphatic carbocycles. The molecule has 1 aromatic carbocycles. The zero-order valence-corrected chi connectivity index (χ0v) is 13.8. The van der Waals surface area contributed by atoms with E-state index in [9.17, 15) is 9.59 Å². The first-order valence-corrected chi connectivity index (χ1v) is 7.53. The fourth-order valence-corrected chi connectivity index (χ4v) is 2.07. The van der Waals surface area contributed by atoms with Crippen LogP contribution in [0.2, 0.25) is 0 Å². The summed E-state index contributed by atoms with van der Waals surface area (Å²) in [6.45, 7) is 6.90. The maximum Gasteiger partial charge on any atom is 0.307 e. The van der Waals surface area contributed by atoms with Crippen molar-refractivity contribution in [3.8, 4) is 5.75 Å². The van der Waals surface area contributed by atoms with Gasteiger partial charge in [0.2, 0.25) is 0 Å². The molecule has 0 saturated heterocycles. The fourth-order valence-electron chi connectivity index (χ4n) is 2.07. The average molecular weight is 307 g/mol. The Kier molecular flexibility index (Phi) is 7.43. The summed E-state index contributed by atoms with van der Waals surface area (Å²) >= 11 is 0. The van der Waals surface area contributed by atoms with Crippen molar-refractivity contribution < 1.29 is 19.1 Å². The summed E-state index contributed by atoms with van der Waals surface area (Å²) in [5.74, 6) is 0.286. The zero-order chi connectivity index (χ0) is 16.5. The van der Waals surface area contributed by atoms with Gasteiger partial charge in [-0.15, -0.1) is 0 Å². The first-order valence-electron chi connectivity index (χ1n) is 7.53. The lowest BCUT2D eigenvalue weighted by molar-refractivity contribution is -0.142. The zero-order valence-electron chi connectivity index (χ0n) is 13.8. The van der Waals surface area contributed by atoms with E-state index < -0.39 is 0 Å². The molecule has 0 radical (unpaired) electrons. The second kappa shape index (κ2) is 9.07. The number of esters is 1. The first kappa shape index (κ1) is 18.0. The van der Waals surface area contributed by atoms with Crippen molar-refractivity contribution in [3.05, 3.63) is 29.3 Å². The molecule has 1 rings (SSSR count). The van der Waals surface area contributed by atoms with Crippen LogP contribution in [0.25, 0.3) is 0 Å². The topological polar surface area (TPSA) is 55.8 Å². The van der Waals surface area contributed by atoms with Crippen LogP contribution in [0.4, 0.5) is 0 Å². The molecule has 122 valence electrons. The van der Waals surface area contributed by atoms with Gasteiger partial charge in [0, 0.05) is 13.1 Å². The number of rotatable bonds is 8. The number of hydrogen-bond donors (Lipinski definition) is 0. The molecule has 0 unspecified atom stereocenters. The highest BCUT2D eigenvalue weighted by Gasteiger charge is 2.15. The van der Waals surface area contributed by atoms with Gasteiger partial charge in [-0.05, 0) is 37.5 Å². The molecule has 0 spiro atoms. The van der Waals surface area contributed by atoms with Crippen LogP contribution < -0.4 is 4.74 Å². The van der Waals surface area contributed by atoms with Crippen molar-refractivity contribution in [1.82, 2.24) is 4.90 Å². The van der Waals surface area contributed by atoms with Crippen LogP contribution in [0.15, 0.2) is 18.2 Å². The Bertz CT molecular complexity index is 513. The molecule has 0 aliphatic rings. The monoisotopic (exact) mass is 307 g/mol. The van der Waals surface area contributed by atoms with Crippen molar-refractivity contribution in [2.75, 3.05) is 26.8 Å². The molecule has 0 saturated carbocycles. The highest BCUT2D eigenvalue weighted by atomic mass is 16.5. The average Bonchev–Trinajstić information content (AvgIpc) is 2.52. The fraction of sp³-hybridized carbons (Fsp3) is 0.529. The number of hydrogen-bond acceptors (Lipinski definition) is 4. The van der Waals surface area contributed by atoms with Crippen LogP contribution in [0, 0.1) is 13.8 Å². The van der Waals surface area contributed by atoms with Crippen LogP contribution in [0.5, 0.6) is 5.75 Å². The number of amides is 1. The van der Waals surface area contributed by atoms with Crippen LogP contribution in [0.1, 0.15) is 30.9 Å². The van der Waals surface area contributed by atoms with Gasteiger partial charge in [-0.3, -0.25) is 9.59 Å². The van der Waals surface area contributed by atoms with Crippen LogP contribution in [0.3, 0.4) is 0 Å². The highest BCUT2D eigenvalue weighted by molar-refractivity contribution is 5.78. The number of aryl methyl sites for hydroxylation is 1. The summed E-state index contributed by atoms with van der Waals surface area (Å²) in [6, 6.07) is 5.77. The first-order chi connectivity index (χ1) is 10.5. The Hall–Kier alpha value is -2.04. The SMILES string of the molecule is CCCN(CCC(=O)OC)C(=O)COc1cccc(C)c1C. The number of benzene rings is 1. The van der Waals surface area contributed by atoms with Gasteiger partial charge in [-0.2, -0.15) is 0 Å². The molecule has 5 heteroatoms. The molecular formula is C17H25NO4. The van der Waals surface area contributed by atoms with E-state index in [1.54, 1.807) is 4.90 Å². The summed E-state index contributed by atoms with van der Waals surface area (Å²) < 4.78 is 10.2. The molecule has 0 aliphatic heterocycles. The van der Waals surface area contributed by atoms with Gasteiger partial charge in [0.1, 0.15) is 5.75 Å². The van der Waals surface area contributed by atoms with Gasteiger partial charge in [0.15, 0.2) is 6.61 Å². The van der Waals surface area contributed by atoms with E-state index >= 15 is 0 Å². The third kappa shape index (κ3) is 5.39. The van der Waals surface area contributed by atoms with E-state index in [2.05, 4.69) is 4.74 Å². The van der Waals surface area contributed by atoms with Gasteiger partial charge in [-0.25, -0.2) is 0 Å². The number of methoxy groups -OCH3 is 1. The Labute approximate surface area is 132 Å². The minimum absolute atomic E-state index is 0.0224. The molecule has 0 aromatic heterocycles. The summed E-state index contributed by atoms with van der Waals surface area (Å²) in [5.41, 5.74) is 2.16. The number of ether oxygens (including phenoxy) is 2. The molecule has 22 heavy (non-hydrogen) atoms. The second-order valence-electron chi connectivity index (χ2n) is 5.19. The van der Waals surface area contributed by atoms with E-state index in [4.69, 9.17) is 4.74 Å². The highest BCUT2D eigenvalue weighted by Crippen LogP contribution is 2.20. The molecule has 0 atom stereocenters. The van der Waals surface area contributed by atoms with Crippen molar-refractivity contribution in [3.63, 3.8) is 0 Å². The van der Waals surface area contributed by atoms with Crippen molar-refractivity contribution in [2.45, 2.75) is 33.6 Å². The lowest BCUT2D eigenvalue weighted by atomic mass is 10.1. The van der Waals surface area contributed by atoms with Crippen LogP contribution in [-0.4, -0.2) is 43.6 Å². The van der Waals surface area contributed by atoms with Crippen LogP contribution >= 0.6 is 0 Å². The molecule has 0 heterocycles. The van der Waals surface area contributed by atoms with Crippen molar-refractivity contribution in [2.24, 2.45) is 0 Å². The Morgan fingerprint density at radius 1 is 1.18 bits per heavy atom. The molecule has 0 N–H and O–H groups in total. The lowest BCUT2D eigenvalue weighted by Gasteiger charge is -2.22. The summed E-state index contributed by atoms with van der Waals surface area (Å²) in [4.78, 5) is 25.1. The minimum Gasteiger partial charge on any atom is -0.483 e. The standard InChI is InChI=1S/C17H25NO4/c1-5-10-18(11-9-17(20)21-4)16(19)12-22-15-8-6-7-13(2)14(15)3/h6-8H,5,9-12H2,1-4H3. The molecule has 1 aromatic rings. The second-order valence-corrected chi connectivity index (χ2v) is 5.19. The van der Waals surface area contributed by atoms with Gasteiger partial charge in [0.05, 0.1) is 13.5 Å². The van der Waals surface area contributed by atoms with E-state index in [-0.39, 0.29) is 24.9 Å². The van der Waals surface area contributed by atoms with E-state index in [0.29, 0.717) is 13.1 Å². The van der Waals surface area contributed by atoms with Gasteiger partial charge < -0.3 is 14.4 Å². The normalized spacial score (nSPS) is 10.2. The quantitative estimate of drug-likeness (QED) is 0.692. The smallest absolute Gasteiger partial charge is 0.307 e. The third-order valence-electron chi connectivity index (χ3n) is 3.57. The summed E-state index contributed by atoms with van der Waals surface area (Å²) in [5, 5.41) is 0. The van der Waals surface area contributed by atoms with E-state index in [1.165, 1.54) is 7.11 Å². The maximum absolute atomic E-state index is 12.3. The summed E-state index contributed by atoms with van der Waals surface area (Å²) in [7, 11) is 1.35. The predicted octanol–water partition coefficient (Wildman–Crippen LogP) is 2.48. The summed E-state index contributed by atoms with van der Waals surface area (Å²) in [6.07, 6.45) is 1.03. The Balaban J connectivity index is 2.59. The lowest BCUT2D eigenvalue weighted by Crippen LogP contribution is -2.37. The molecule has 1 amide bonds.